The van der Waals surface area contributed by atoms with Crippen molar-refractivity contribution in [3.05, 3.63) is 11.6 Å². The van der Waals surface area contributed by atoms with E-state index in [1.54, 1.807) is 13.3 Å². The second kappa shape index (κ2) is 4.37. The molecule has 46 valence electrons. The Bertz CT molecular complexity index is 103. The van der Waals surface area contributed by atoms with E-state index in [1.807, 2.05) is 19.9 Å². The molecule has 0 atom stereocenters. The molecule has 1 N–H and O–H groups in total. The van der Waals surface area contributed by atoms with Crippen LogP contribution in [0.3, 0.4) is 0 Å². The molecule has 0 saturated carbocycles. The number of allylic oxidation sites excluding steroid dienone is 2. The van der Waals surface area contributed by atoms with Crippen LogP contribution in [0.5, 0.6) is 0 Å². The monoisotopic (exact) mass is 112 g/mol. The largest absolute Gasteiger partial charge is 0.313 e. The van der Waals surface area contributed by atoms with Crippen molar-refractivity contribution in [2.75, 3.05) is 7.05 Å². The molecule has 0 heterocycles. The van der Waals surface area contributed by atoms with Crippen LogP contribution in [0.4, 0.5) is 0 Å². The summed E-state index contributed by atoms with van der Waals surface area (Å²) in [6, 6.07) is 0. The summed E-state index contributed by atoms with van der Waals surface area (Å²) in [6.07, 6.45) is 3.78. The van der Waals surface area contributed by atoms with Gasteiger partial charge in [-0.15, -0.1) is 0 Å². The van der Waals surface area contributed by atoms with Crippen LogP contribution < -0.4 is 5.43 Å². The lowest BCUT2D eigenvalue weighted by atomic mass is 10.3. The molecule has 0 unspecified atom stereocenters. The van der Waals surface area contributed by atoms with Gasteiger partial charge in [-0.05, 0) is 19.4 Å². The number of rotatable bonds is 2. The highest BCUT2D eigenvalue weighted by molar-refractivity contribution is 5.77. The predicted octanol–water partition coefficient (Wildman–Crippen LogP) is 1.16. The highest BCUT2D eigenvalue weighted by atomic mass is 15.3. The first-order chi connectivity index (χ1) is 3.81. The number of hydrazone groups is 1. The molecule has 0 radical (unpaired) electrons. The van der Waals surface area contributed by atoms with Gasteiger partial charge in [-0.2, -0.15) is 5.10 Å². The summed E-state index contributed by atoms with van der Waals surface area (Å²) in [5.74, 6) is 0. The lowest BCUT2D eigenvalue weighted by molar-refractivity contribution is 0.907. The zero-order valence-corrected chi connectivity index (χ0v) is 5.60. The van der Waals surface area contributed by atoms with Crippen LogP contribution in [0.2, 0.25) is 0 Å². The molecule has 2 nitrogen and oxygen atoms in total. The van der Waals surface area contributed by atoms with Gasteiger partial charge >= 0.3 is 0 Å². The standard InChI is InChI=1S/C6H12N2/c1-4-6(2)5-8-7-3/h4-5,7H,1-3H3/b6-4+,8-5?. The first kappa shape index (κ1) is 7.21. The van der Waals surface area contributed by atoms with E-state index in [1.165, 1.54) is 5.57 Å². The smallest absolute Gasteiger partial charge is 0.0493 e. The van der Waals surface area contributed by atoms with E-state index in [9.17, 15) is 0 Å². The summed E-state index contributed by atoms with van der Waals surface area (Å²) >= 11 is 0. The molecule has 0 aliphatic heterocycles. The Hall–Kier alpha value is -0.790. The highest BCUT2D eigenvalue weighted by Gasteiger charge is 1.73. The molecule has 0 saturated heterocycles. The summed E-state index contributed by atoms with van der Waals surface area (Å²) in [7, 11) is 1.78. The molecule has 0 aromatic carbocycles. The van der Waals surface area contributed by atoms with Crippen LogP contribution in [-0.4, -0.2) is 13.3 Å². The Morgan fingerprint density at radius 3 is 2.62 bits per heavy atom. The normalized spacial score (nSPS) is 12.6. The minimum absolute atomic E-state index is 1.17. The second-order valence-electron chi connectivity index (χ2n) is 1.51. The molecule has 2 heteroatoms. The van der Waals surface area contributed by atoms with Gasteiger partial charge in [-0.3, -0.25) is 0 Å². The Labute approximate surface area is 50.3 Å². The zero-order valence-electron chi connectivity index (χ0n) is 5.60. The summed E-state index contributed by atoms with van der Waals surface area (Å²) in [6.45, 7) is 3.98. The quantitative estimate of drug-likeness (QED) is 0.420. The SMILES string of the molecule is C/C=C(\C)C=NNC. The Kier molecular flexibility index (Phi) is 3.94. The predicted molar refractivity (Wildman–Crippen MR) is 37.0 cm³/mol. The third kappa shape index (κ3) is 3.40. The van der Waals surface area contributed by atoms with E-state index >= 15 is 0 Å². The fourth-order valence-corrected chi connectivity index (χ4v) is 0.241. The average Bonchev–Trinajstić information content (AvgIpc) is 1.83. The molecule has 0 aromatic heterocycles. The fraction of sp³-hybridized carbons (Fsp3) is 0.500. The molecule has 0 amide bonds. The fourth-order valence-electron chi connectivity index (χ4n) is 0.241. The van der Waals surface area contributed by atoms with E-state index in [4.69, 9.17) is 0 Å². The molecule has 0 fully saturated rings. The van der Waals surface area contributed by atoms with Gasteiger partial charge in [-0.25, -0.2) is 0 Å². The maximum atomic E-state index is 3.80. The van der Waals surface area contributed by atoms with Crippen LogP contribution in [0.1, 0.15) is 13.8 Å². The molecule has 0 aliphatic rings. The Morgan fingerprint density at radius 1 is 1.62 bits per heavy atom. The van der Waals surface area contributed by atoms with Gasteiger partial charge in [0.1, 0.15) is 0 Å². The van der Waals surface area contributed by atoms with Crippen LogP contribution in [0, 0.1) is 0 Å². The number of nitrogens with one attached hydrogen (secondary N) is 1. The van der Waals surface area contributed by atoms with Gasteiger partial charge in [0.05, 0.1) is 0 Å². The summed E-state index contributed by atoms with van der Waals surface area (Å²) < 4.78 is 0. The van der Waals surface area contributed by atoms with Crippen molar-refractivity contribution in [3.8, 4) is 0 Å². The van der Waals surface area contributed by atoms with Crippen molar-refractivity contribution in [1.82, 2.24) is 5.43 Å². The molecule has 0 aromatic rings. The molecule has 8 heavy (non-hydrogen) atoms. The van der Waals surface area contributed by atoms with Crippen molar-refractivity contribution >= 4 is 6.21 Å². The van der Waals surface area contributed by atoms with E-state index < -0.39 is 0 Å². The second-order valence-corrected chi connectivity index (χ2v) is 1.51. The van der Waals surface area contributed by atoms with Gasteiger partial charge < -0.3 is 5.43 Å². The minimum atomic E-state index is 1.17. The molecule has 0 rings (SSSR count). The third-order valence-corrected chi connectivity index (χ3v) is 0.853. The summed E-state index contributed by atoms with van der Waals surface area (Å²) in [5, 5.41) is 3.80. The molecule has 0 bridgehead atoms. The number of hydrogen-bond donors (Lipinski definition) is 1. The first-order valence-electron chi connectivity index (χ1n) is 2.64. The van der Waals surface area contributed by atoms with Gasteiger partial charge in [0.15, 0.2) is 0 Å². The Morgan fingerprint density at radius 2 is 2.25 bits per heavy atom. The van der Waals surface area contributed by atoms with Crippen molar-refractivity contribution in [3.63, 3.8) is 0 Å². The van der Waals surface area contributed by atoms with E-state index in [2.05, 4.69) is 10.5 Å². The van der Waals surface area contributed by atoms with Crippen LogP contribution in [0.25, 0.3) is 0 Å². The van der Waals surface area contributed by atoms with Crippen LogP contribution >= 0.6 is 0 Å². The van der Waals surface area contributed by atoms with Gasteiger partial charge in [0.2, 0.25) is 0 Å². The minimum Gasteiger partial charge on any atom is -0.313 e. The topological polar surface area (TPSA) is 24.4 Å². The lowest BCUT2D eigenvalue weighted by Crippen LogP contribution is -1.93. The number of hydrogen-bond acceptors (Lipinski definition) is 2. The lowest BCUT2D eigenvalue weighted by Gasteiger charge is -1.85. The van der Waals surface area contributed by atoms with Gasteiger partial charge in [-0.1, -0.05) is 6.08 Å². The maximum absolute atomic E-state index is 3.80. The van der Waals surface area contributed by atoms with Crippen LogP contribution in [-0.2, 0) is 0 Å². The third-order valence-electron chi connectivity index (χ3n) is 0.853. The number of nitrogens with zero attached hydrogens (tertiary/aromatic N) is 1. The van der Waals surface area contributed by atoms with E-state index in [0.29, 0.717) is 0 Å². The van der Waals surface area contributed by atoms with Crippen molar-refractivity contribution in [2.24, 2.45) is 5.10 Å². The summed E-state index contributed by atoms with van der Waals surface area (Å²) in [5.41, 5.74) is 3.83. The van der Waals surface area contributed by atoms with Crippen molar-refractivity contribution < 1.29 is 0 Å². The Balaban J connectivity index is 3.53. The highest BCUT2D eigenvalue weighted by Crippen LogP contribution is 1.82. The zero-order chi connectivity index (χ0) is 6.41. The first-order valence-corrected chi connectivity index (χ1v) is 2.64. The van der Waals surface area contributed by atoms with Gasteiger partial charge in [0.25, 0.3) is 0 Å². The van der Waals surface area contributed by atoms with Gasteiger partial charge in [0, 0.05) is 13.3 Å². The van der Waals surface area contributed by atoms with E-state index in [-0.39, 0.29) is 0 Å². The molecule has 0 aliphatic carbocycles. The average molecular weight is 112 g/mol. The molecular formula is C6H12N2. The maximum Gasteiger partial charge on any atom is 0.0493 e. The van der Waals surface area contributed by atoms with Crippen molar-refractivity contribution in [2.45, 2.75) is 13.8 Å². The molecule has 0 spiro atoms. The molecular weight excluding hydrogens is 100 g/mol. The van der Waals surface area contributed by atoms with Crippen LogP contribution in [0.15, 0.2) is 16.8 Å². The summed E-state index contributed by atoms with van der Waals surface area (Å²) in [4.78, 5) is 0. The van der Waals surface area contributed by atoms with Crippen molar-refractivity contribution in [1.29, 1.82) is 0 Å². The van der Waals surface area contributed by atoms with E-state index in [0.717, 1.165) is 0 Å².